The Balaban J connectivity index is 1.47. The van der Waals surface area contributed by atoms with Crippen LogP contribution in [0.15, 0.2) is 49.2 Å². The van der Waals surface area contributed by atoms with Crippen molar-refractivity contribution in [1.82, 2.24) is 24.4 Å². The molecular formula is C31H41FN8. The number of fused-ring (bicyclic) bond motifs is 4. The molecular weight excluding hydrogens is 503 g/mol. The number of nitrogens with two attached hydrogens (primary N) is 1. The van der Waals surface area contributed by atoms with Crippen molar-refractivity contribution in [2.45, 2.75) is 51.1 Å². The minimum atomic E-state index is -0.236. The number of anilines is 2. The Morgan fingerprint density at radius 1 is 1.05 bits per heavy atom. The number of hydrogen-bond donors (Lipinski definition) is 1. The van der Waals surface area contributed by atoms with Crippen molar-refractivity contribution in [3.05, 3.63) is 71.8 Å². The van der Waals surface area contributed by atoms with Gasteiger partial charge in [-0.25, -0.2) is 9.37 Å². The third-order valence-corrected chi connectivity index (χ3v) is 8.83. The largest absolute Gasteiger partial charge is 0.374 e. The molecule has 0 spiro atoms. The lowest BCUT2D eigenvalue weighted by molar-refractivity contribution is 0.226. The van der Waals surface area contributed by atoms with Gasteiger partial charge >= 0.3 is 0 Å². The van der Waals surface area contributed by atoms with Crippen LogP contribution in [0, 0.1) is 5.82 Å². The maximum atomic E-state index is 14.6. The predicted octanol–water partition coefficient (Wildman–Crippen LogP) is 4.43. The number of rotatable bonds is 2. The number of likely N-dealkylation sites (N-methyl/N-ethyl adjacent to an activating group) is 2. The van der Waals surface area contributed by atoms with E-state index in [1.54, 1.807) is 12.1 Å². The van der Waals surface area contributed by atoms with E-state index in [2.05, 4.69) is 58.9 Å². The second-order valence-electron chi connectivity index (χ2n) is 11.5. The van der Waals surface area contributed by atoms with Crippen LogP contribution in [0.1, 0.15) is 55.5 Å². The molecule has 2 fully saturated rings. The van der Waals surface area contributed by atoms with E-state index in [1.807, 2.05) is 10.6 Å². The Kier molecular flexibility index (Phi) is 7.16. The first-order chi connectivity index (χ1) is 19.3. The van der Waals surface area contributed by atoms with Crippen molar-refractivity contribution in [2.75, 3.05) is 56.1 Å². The Morgan fingerprint density at radius 2 is 1.88 bits per heavy atom. The van der Waals surface area contributed by atoms with E-state index in [-0.39, 0.29) is 17.9 Å². The maximum absolute atomic E-state index is 14.6. The van der Waals surface area contributed by atoms with E-state index in [1.165, 1.54) is 0 Å². The van der Waals surface area contributed by atoms with Crippen molar-refractivity contribution >= 4 is 23.0 Å². The normalized spacial score (nSPS) is 21.1. The van der Waals surface area contributed by atoms with Crippen LogP contribution in [0.3, 0.4) is 0 Å². The van der Waals surface area contributed by atoms with Crippen LogP contribution in [-0.2, 0) is 6.42 Å². The number of aryl methyl sites for hydroxylation is 1. The topological polar surface area (TPSA) is 69.2 Å². The average molecular weight is 545 g/mol. The average Bonchev–Trinajstić information content (AvgIpc) is 3.37. The minimum absolute atomic E-state index is 0.0524. The summed E-state index contributed by atoms with van der Waals surface area (Å²) in [6, 6.07) is 9.63. The second-order valence-corrected chi connectivity index (χ2v) is 11.5. The highest BCUT2D eigenvalue weighted by molar-refractivity contribution is 5.66. The number of allylic oxidation sites excluding steroid dienone is 1. The molecule has 3 aliphatic heterocycles. The highest BCUT2D eigenvalue weighted by Crippen LogP contribution is 2.38. The van der Waals surface area contributed by atoms with Crippen LogP contribution in [0.4, 0.5) is 16.0 Å². The fourth-order valence-electron chi connectivity index (χ4n) is 6.37. The van der Waals surface area contributed by atoms with Crippen molar-refractivity contribution in [1.29, 1.82) is 0 Å². The van der Waals surface area contributed by atoms with Crippen LogP contribution in [0.2, 0.25) is 0 Å². The van der Waals surface area contributed by atoms with Gasteiger partial charge in [0.25, 0.3) is 0 Å². The lowest BCUT2D eigenvalue weighted by Crippen LogP contribution is -2.56. The van der Waals surface area contributed by atoms with Gasteiger partial charge in [0.2, 0.25) is 0 Å². The molecule has 0 saturated carbocycles. The summed E-state index contributed by atoms with van der Waals surface area (Å²) < 4.78 is 16.6. The van der Waals surface area contributed by atoms with Gasteiger partial charge in [-0.1, -0.05) is 19.2 Å². The Labute approximate surface area is 236 Å². The third kappa shape index (κ3) is 4.91. The van der Waals surface area contributed by atoms with Crippen molar-refractivity contribution in [3.8, 4) is 0 Å². The molecule has 0 radical (unpaired) electrons. The van der Waals surface area contributed by atoms with Gasteiger partial charge in [0.1, 0.15) is 17.5 Å². The summed E-state index contributed by atoms with van der Waals surface area (Å²) in [5.74, 6) is 1.71. The van der Waals surface area contributed by atoms with E-state index >= 15 is 0 Å². The molecule has 2 saturated heterocycles. The molecule has 0 aliphatic carbocycles. The first-order valence-corrected chi connectivity index (χ1v) is 14.6. The zero-order valence-electron chi connectivity index (χ0n) is 23.8. The van der Waals surface area contributed by atoms with Gasteiger partial charge in [0.15, 0.2) is 5.65 Å². The number of benzene rings is 1. The van der Waals surface area contributed by atoms with E-state index in [4.69, 9.17) is 15.8 Å². The molecule has 2 N–H and O–H groups in total. The van der Waals surface area contributed by atoms with Crippen molar-refractivity contribution < 1.29 is 4.39 Å². The van der Waals surface area contributed by atoms with Crippen molar-refractivity contribution in [3.63, 3.8) is 0 Å². The molecule has 6 rings (SSSR count). The maximum Gasteiger partial charge on any atom is 0.160 e. The first kappa shape index (κ1) is 26.6. The Morgan fingerprint density at radius 3 is 2.65 bits per heavy atom. The number of halogens is 1. The number of piperidine rings is 1. The second kappa shape index (κ2) is 10.8. The first-order valence-electron chi connectivity index (χ1n) is 14.6. The van der Waals surface area contributed by atoms with Gasteiger partial charge < -0.3 is 25.3 Å². The summed E-state index contributed by atoms with van der Waals surface area (Å²) in [6.45, 7) is 16.1. The lowest BCUT2D eigenvalue weighted by atomic mass is 9.94. The molecule has 1 aromatic carbocycles. The smallest absolute Gasteiger partial charge is 0.160 e. The van der Waals surface area contributed by atoms with Crippen LogP contribution in [-0.4, -0.2) is 76.8 Å². The minimum Gasteiger partial charge on any atom is -0.374 e. The quantitative estimate of drug-likeness (QED) is 0.512. The Hall–Kier alpha value is -3.59. The summed E-state index contributed by atoms with van der Waals surface area (Å²) in [6.07, 6.45) is 4.75. The molecule has 212 valence electrons. The molecule has 40 heavy (non-hydrogen) atoms. The van der Waals surface area contributed by atoms with Gasteiger partial charge in [-0.05, 0) is 56.7 Å². The molecule has 9 heteroatoms. The van der Waals surface area contributed by atoms with Gasteiger partial charge in [-0.15, -0.1) is 0 Å². The summed E-state index contributed by atoms with van der Waals surface area (Å²) in [5, 5.41) is 5.16. The number of hydrogen-bond acceptors (Lipinski definition) is 7. The summed E-state index contributed by atoms with van der Waals surface area (Å²) >= 11 is 0. The summed E-state index contributed by atoms with van der Waals surface area (Å²) in [5.41, 5.74) is 11.9. The number of nitrogens with zero attached hydrogens (tertiary/aromatic N) is 7. The molecule has 5 heterocycles. The van der Waals surface area contributed by atoms with Gasteiger partial charge in [-0.3, -0.25) is 0 Å². The van der Waals surface area contributed by atoms with Gasteiger partial charge in [0, 0.05) is 81.4 Å². The molecule has 0 amide bonds. The molecule has 2 bridgehead atoms. The molecule has 3 aliphatic rings. The molecule has 2 aromatic heterocycles. The van der Waals surface area contributed by atoms with E-state index in [0.717, 1.165) is 117 Å². The molecule has 3 aromatic rings. The van der Waals surface area contributed by atoms with E-state index < -0.39 is 0 Å². The fourth-order valence-corrected chi connectivity index (χ4v) is 6.37. The lowest BCUT2D eigenvalue weighted by Gasteiger charge is -2.38. The standard InChI is InChI=1S/C31H41FN8/c1-5-37-15-14-36(4)31-18-29(38-19-25(33)20-38)34-30-17-27(35-40(30)31)28-8-6-7-13-39(28)22(3)26-16-24(32)12-11-23(26)10-9-21(37)2/h11-12,16-18,25,28H,2-3,5-10,13-15,19-20,33H2,1,4H3. The third-order valence-electron chi connectivity index (χ3n) is 8.83. The summed E-state index contributed by atoms with van der Waals surface area (Å²) in [4.78, 5) is 14.2. The van der Waals surface area contributed by atoms with E-state index in [0.29, 0.717) is 0 Å². The van der Waals surface area contributed by atoms with E-state index in [9.17, 15) is 4.39 Å². The number of aromatic nitrogens is 3. The molecule has 1 atom stereocenters. The van der Waals surface area contributed by atoms with Crippen LogP contribution in [0.25, 0.3) is 11.3 Å². The molecule has 8 nitrogen and oxygen atoms in total. The Bertz CT molecular complexity index is 1420. The van der Waals surface area contributed by atoms with Crippen LogP contribution >= 0.6 is 0 Å². The monoisotopic (exact) mass is 544 g/mol. The van der Waals surface area contributed by atoms with Crippen molar-refractivity contribution in [2.24, 2.45) is 5.73 Å². The van der Waals surface area contributed by atoms with Crippen LogP contribution in [0.5, 0.6) is 0 Å². The highest BCUT2D eigenvalue weighted by atomic mass is 19.1. The van der Waals surface area contributed by atoms with Crippen LogP contribution < -0.4 is 15.5 Å². The predicted molar refractivity (Wildman–Crippen MR) is 160 cm³/mol. The molecule has 1 unspecified atom stereocenters. The SMILES string of the molecule is C=C1CCc2ccc(F)cc2C(=C)N2CCCCC2c2cc3nc(N4CC(N)C4)cc(n3n2)N(C)CCN1CC. The fraction of sp³-hybridized carbons (Fsp3) is 0.484. The zero-order valence-corrected chi connectivity index (χ0v) is 23.8. The summed E-state index contributed by atoms with van der Waals surface area (Å²) in [7, 11) is 2.13. The van der Waals surface area contributed by atoms with Gasteiger partial charge in [0.05, 0.1) is 11.7 Å². The zero-order chi connectivity index (χ0) is 28.0. The van der Waals surface area contributed by atoms with Gasteiger partial charge in [-0.2, -0.15) is 9.61 Å². The highest BCUT2D eigenvalue weighted by Gasteiger charge is 2.31.